The number of likely N-dealkylation sites (tertiary alicyclic amines) is 1. The van der Waals surface area contributed by atoms with E-state index in [4.69, 9.17) is 9.47 Å². The van der Waals surface area contributed by atoms with Gasteiger partial charge in [0.1, 0.15) is 5.69 Å². The molecule has 1 N–H and O–H groups in total. The molecule has 152 valence electrons. The molecule has 29 heavy (non-hydrogen) atoms. The van der Waals surface area contributed by atoms with E-state index in [0.29, 0.717) is 67.7 Å². The summed E-state index contributed by atoms with van der Waals surface area (Å²) in [5.41, 5.74) is 2.31. The Labute approximate surface area is 169 Å². The third-order valence-corrected chi connectivity index (χ3v) is 5.22. The third kappa shape index (κ3) is 4.28. The summed E-state index contributed by atoms with van der Waals surface area (Å²) in [6, 6.07) is 8.79. The van der Waals surface area contributed by atoms with Crippen molar-refractivity contribution in [2.75, 3.05) is 31.6 Å². The molecule has 2 aliphatic rings. The molecule has 1 amide bonds. The number of hydrogen-bond acceptors (Lipinski definition) is 7. The average Bonchev–Trinajstić information content (AvgIpc) is 3.16. The van der Waals surface area contributed by atoms with Gasteiger partial charge in [-0.05, 0) is 32.0 Å². The number of piperidine rings is 1. The Hall–Kier alpha value is -2.84. The van der Waals surface area contributed by atoms with E-state index in [1.54, 1.807) is 29.2 Å². The second-order valence-electron chi connectivity index (χ2n) is 7.38. The lowest BCUT2D eigenvalue weighted by molar-refractivity contribution is -0.181. The summed E-state index contributed by atoms with van der Waals surface area (Å²) in [6.45, 7) is 5.68. The number of carbonyl (C=O) groups is 2. The molecule has 0 aliphatic carbocycles. The molecule has 4 rings (SSSR count). The van der Waals surface area contributed by atoms with Gasteiger partial charge in [-0.3, -0.25) is 9.59 Å². The second-order valence-corrected chi connectivity index (χ2v) is 7.38. The Morgan fingerprint density at radius 2 is 1.83 bits per heavy atom. The number of aromatic nitrogens is 2. The number of rotatable bonds is 4. The molecule has 2 saturated heterocycles. The van der Waals surface area contributed by atoms with Crippen molar-refractivity contribution in [1.82, 2.24) is 14.9 Å². The summed E-state index contributed by atoms with van der Waals surface area (Å²) in [5, 5.41) is 3.09. The zero-order valence-corrected chi connectivity index (χ0v) is 16.6. The van der Waals surface area contributed by atoms with Crippen LogP contribution in [0.25, 0.3) is 0 Å². The summed E-state index contributed by atoms with van der Waals surface area (Å²) in [4.78, 5) is 35.1. The van der Waals surface area contributed by atoms with Crippen molar-refractivity contribution in [3.63, 3.8) is 0 Å². The van der Waals surface area contributed by atoms with Crippen LogP contribution in [0.4, 0.5) is 11.6 Å². The lowest BCUT2D eigenvalue weighted by Crippen LogP contribution is -2.47. The minimum atomic E-state index is -0.521. The number of amides is 1. The largest absolute Gasteiger partial charge is 0.347 e. The Balaban J connectivity index is 1.49. The van der Waals surface area contributed by atoms with E-state index in [1.165, 1.54) is 6.92 Å². The molecule has 2 aliphatic heterocycles. The minimum Gasteiger partial charge on any atom is -0.347 e. The van der Waals surface area contributed by atoms with Crippen LogP contribution in [0.3, 0.4) is 0 Å². The first-order chi connectivity index (χ1) is 13.9. The van der Waals surface area contributed by atoms with Gasteiger partial charge in [0.05, 0.1) is 13.2 Å². The lowest BCUT2D eigenvalue weighted by Gasteiger charge is -2.37. The molecule has 0 atom stereocenters. The van der Waals surface area contributed by atoms with Gasteiger partial charge in [0.2, 0.25) is 5.95 Å². The fraction of sp³-hybridized carbons (Fsp3) is 0.429. The molecule has 8 heteroatoms. The molecular formula is C21H24N4O4. The molecule has 2 fully saturated rings. The van der Waals surface area contributed by atoms with Crippen LogP contribution in [0.2, 0.25) is 0 Å². The van der Waals surface area contributed by atoms with E-state index >= 15 is 0 Å². The van der Waals surface area contributed by atoms with Gasteiger partial charge in [0.15, 0.2) is 11.6 Å². The highest BCUT2D eigenvalue weighted by Gasteiger charge is 2.41. The number of hydrogen-bond donors (Lipinski definition) is 1. The molecule has 0 radical (unpaired) electrons. The summed E-state index contributed by atoms with van der Waals surface area (Å²) in [5.74, 6) is -0.353. The van der Waals surface area contributed by atoms with Crippen LogP contribution in [0, 0.1) is 6.92 Å². The van der Waals surface area contributed by atoms with Crippen LogP contribution in [-0.2, 0) is 9.47 Å². The van der Waals surface area contributed by atoms with Crippen LogP contribution >= 0.6 is 0 Å². The number of carbonyl (C=O) groups excluding carboxylic acids is 2. The van der Waals surface area contributed by atoms with Crippen LogP contribution in [0.5, 0.6) is 0 Å². The zero-order chi connectivity index (χ0) is 20.4. The van der Waals surface area contributed by atoms with E-state index < -0.39 is 5.79 Å². The number of ketones is 1. The lowest BCUT2D eigenvalue weighted by atomic mass is 10.0. The molecule has 1 aromatic carbocycles. The van der Waals surface area contributed by atoms with Crippen molar-refractivity contribution >= 4 is 23.3 Å². The van der Waals surface area contributed by atoms with Gasteiger partial charge in [-0.2, -0.15) is 0 Å². The van der Waals surface area contributed by atoms with Gasteiger partial charge in [0.25, 0.3) is 5.91 Å². The van der Waals surface area contributed by atoms with Crippen molar-refractivity contribution < 1.29 is 19.1 Å². The Bertz CT molecular complexity index is 930. The number of ether oxygens (including phenoxy) is 2. The van der Waals surface area contributed by atoms with Crippen molar-refractivity contribution in [3.8, 4) is 0 Å². The summed E-state index contributed by atoms with van der Waals surface area (Å²) >= 11 is 0. The highest BCUT2D eigenvalue weighted by atomic mass is 16.7. The highest BCUT2D eigenvalue weighted by molar-refractivity contribution is 5.95. The average molecular weight is 396 g/mol. The monoisotopic (exact) mass is 396 g/mol. The first-order valence-corrected chi connectivity index (χ1v) is 9.75. The minimum absolute atomic E-state index is 0.0206. The molecule has 8 nitrogen and oxygen atoms in total. The predicted octanol–water partition coefficient (Wildman–Crippen LogP) is 2.71. The summed E-state index contributed by atoms with van der Waals surface area (Å²) < 4.78 is 11.5. The first-order valence-electron chi connectivity index (χ1n) is 9.75. The highest BCUT2D eigenvalue weighted by Crippen LogP contribution is 2.31. The van der Waals surface area contributed by atoms with E-state index in [2.05, 4.69) is 15.3 Å². The maximum Gasteiger partial charge on any atom is 0.272 e. The normalized spacial score (nSPS) is 18.1. The van der Waals surface area contributed by atoms with Crippen LogP contribution in [-0.4, -0.2) is 58.6 Å². The topological polar surface area (TPSA) is 93.7 Å². The van der Waals surface area contributed by atoms with Gasteiger partial charge in [-0.1, -0.05) is 12.1 Å². The number of Topliss-reactive ketones (excluding diaryl/α,β-unsaturated/α-hetero) is 1. The Kier molecular flexibility index (Phi) is 5.29. The van der Waals surface area contributed by atoms with Crippen LogP contribution < -0.4 is 5.32 Å². The summed E-state index contributed by atoms with van der Waals surface area (Å²) in [6.07, 6.45) is 1.32. The van der Waals surface area contributed by atoms with E-state index in [1.807, 2.05) is 13.0 Å². The third-order valence-electron chi connectivity index (χ3n) is 5.22. The van der Waals surface area contributed by atoms with Gasteiger partial charge in [-0.15, -0.1) is 0 Å². The van der Waals surface area contributed by atoms with E-state index in [9.17, 15) is 9.59 Å². The maximum atomic E-state index is 13.0. The molecule has 1 spiro atoms. The van der Waals surface area contributed by atoms with Crippen LogP contribution in [0.1, 0.15) is 46.3 Å². The second kappa shape index (κ2) is 7.88. The quantitative estimate of drug-likeness (QED) is 0.794. The number of nitrogens with one attached hydrogen (secondary N) is 1. The molecular weight excluding hydrogens is 372 g/mol. The maximum absolute atomic E-state index is 13.0. The summed E-state index contributed by atoms with van der Waals surface area (Å²) in [7, 11) is 0. The Morgan fingerprint density at radius 1 is 1.10 bits per heavy atom. The van der Waals surface area contributed by atoms with E-state index in [0.717, 1.165) is 0 Å². The Morgan fingerprint density at radius 3 is 2.52 bits per heavy atom. The van der Waals surface area contributed by atoms with E-state index in [-0.39, 0.29) is 11.7 Å². The van der Waals surface area contributed by atoms with Crippen molar-refractivity contribution in [2.45, 2.75) is 32.5 Å². The van der Waals surface area contributed by atoms with Gasteiger partial charge in [-0.25, -0.2) is 9.97 Å². The molecule has 1 aromatic heterocycles. The number of aryl methyl sites for hydroxylation is 1. The predicted molar refractivity (Wildman–Crippen MR) is 106 cm³/mol. The zero-order valence-electron chi connectivity index (χ0n) is 16.6. The number of nitrogens with zero attached hydrogens (tertiary/aromatic N) is 3. The molecule has 0 saturated carbocycles. The number of benzene rings is 1. The van der Waals surface area contributed by atoms with Gasteiger partial charge >= 0.3 is 0 Å². The standard InChI is InChI=1S/C21H24N4O4/c1-14-12-18(19(27)25-8-6-21(7-9-25)28-10-11-29-21)24-20(22-14)23-17-5-3-4-16(13-17)15(2)26/h3-5,12-13H,6-11H2,1-2H3,(H,22,23,24). The van der Waals surface area contributed by atoms with Crippen molar-refractivity contribution in [3.05, 3.63) is 47.3 Å². The molecule has 0 unspecified atom stereocenters. The van der Waals surface area contributed by atoms with Crippen molar-refractivity contribution in [1.29, 1.82) is 0 Å². The molecule has 2 aromatic rings. The van der Waals surface area contributed by atoms with Crippen LogP contribution in [0.15, 0.2) is 30.3 Å². The number of anilines is 2. The molecule has 0 bridgehead atoms. The fourth-order valence-corrected chi connectivity index (χ4v) is 3.68. The smallest absolute Gasteiger partial charge is 0.272 e. The molecule has 3 heterocycles. The first kappa shape index (κ1) is 19.5. The SMILES string of the molecule is CC(=O)c1cccc(Nc2nc(C)cc(C(=O)N3CCC4(CC3)OCCO4)n2)c1. The fourth-order valence-electron chi connectivity index (χ4n) is 3.68. The van der Waals surface area contributed by atoms with Gasteiger partial charge in [0, 0.05) is 42.9 Å². The van der Waals surface area contributed by atoms with Gasteiger partial charge < -0.3 is 19.7 Å². The van der Waals surface area contributed by atoms with Crippen molar-refractivity contribution in [2.24, 2.45) is 0 Å².